The Kier molecular flexibility index (Phi) is 5.92. The normalized spacial score (nSPS) is 10.8. The van der Waals surface area contributed by atoms with Crippen LogP contribution in [0.25, 0.3) is 0 Å². The molecule has 0 bridgehead atoms. The van der Waals surface area contributed by atoms with Crippen LogP contribution in [0.1, 0.15) is 5.56 Å². The molecule has 0 aliphatic rings. The second-order valence-corrected chi connectivity index (χ2v) is 6.25. The molecule has 0 spiro atoms. The summed E-state index contributed by atoms with van der Waals surface area (Å²) in [5, 5.41) is 8.87. The van der Waals surface area contributed by atoms with Crippen molar-refractivity contribution in [1.29, 1.82) is 5.26 Å². The molecule has 0 radical (unpaired) electrons. The molecule has 0 unspecified atom stereocenters. The standard InChI is InChI=1S/C12H14N2O2S2/c1-2-8-17-9-7-14-18(15,16)12-6-4-3-5-11(12)10-13/h2-6,14H,1,7-9H2. The van der Waals surface area contributed by atoms with Crippen molar-refractivity contribution in [3.8, 4) is 6.07 Å². The Morgan fingerprint density at radius 2 is 2.17 bits per heavy atom. The van der Waals surface area contributed by atoms with E-state index < -0.39 is 10.0 Å². The SMILES string of the molecule is C=CCSCCNS(=O)(=O)c1ccccc1C#N. The van der Waals surface area contributed by atoms with Crippen molar-refractivity contribution >= 4 is 21.8 Å². The van der Waals surface area contributed by atoms with Gasteiger partial charge in [0, 0.05) is 18.1 Å². The number of hydrogen-bond donors (Lipinski definition) is 1. The number of benzene rings is 1. The van der Waals surface area contributed by atoms with Gasteiger partial charge in [0.25, 0.3) is 0 Å². The molecular weight excluding hydrogens is 268 g/mol. The quantitative estimate of drug-likeness (QED) is 0.611. The highest BCUT2D eigenvalue weighted by atomic mass is 32.2. The van der Waals surface area contributed by atoms with Gasteiger partial charge in [0.2, 0.25) is 10.0 Å². The molecule has 0 aromatic heterocycles. The molecule has 1 aromatic rings. The van der Waals surface area contributed by atoms with Crippen LogP contribution in [0.15, 0.2) is 41.8 Å². The van der Waals surface area contributed by atoms with E-state index in [0.717, 1.165) is 5.75 Å². The average molecular weight is 282 g/mol. The van der Waals surface area contributed by atoms with Crippen LogP contribution in [-0.2, 0) is 10.0 Å². The smallest absolute Gasteiger partial charge is 0.210 e. The molecule has 0 atom stereocenters. The fourth-order valence-corrected chi connectivity index (χ4v) is 3.18. The maximum atomic E-state index is 12.0. The third-order valence-corrected chi connectivity index (χ3v) is 4.55. The van der Waals surface area contributed by atoms with Crippen molar-refractivity contribution in [2.75, 3.05) is 18.1 Å². The van der Waals surface area contributed by atoms with E-state index in [1.807, 2.05) is 6.07 Å². The number of sulfonamides is 1. The number of nitriles is 1. The Labute approximate surface area is 112 Å². The van der Waals surface area contributed by atoms with Crippen molar-refractivity contribution in [1.82, 2.24) is 4.72 Å². The highest BCUT2D eigenvalue weighted by Crippen LogP contribution is 2.13. The molecule has 0 saturated carbocycles. The topological polar surface area (TPSA) is 70.0 Å². The number of thioether (sulfide) groups is 1. The Balaban J connectivity index is 2.69. The maximum absolute atomic E-state index is 12.0. The summed E-state index contributed by atoms with van der Waals surface area (Å²) >= 11 is 1.59. The molecule has 0 amide bonds. The molecule has 0 aliphatic heterocycles. The summed E-state index contributed by atoms with van der Waals surface area (Å²) < 4.78 is 26.4. The van der Waals surface area contributed by atoms with Crippen LogP contribution in [0.5, 0.6) is 0 Å². The zero-order chi connectivity index (χ0) is 13.4. The summed E-state index contributed by atoms with van der Waals surface area (Å²) in [6, 6.07) is 8.03. The van der Waals surface area contributed by atoms with E-state index in [4.69, 9.17) is 5.26 Å². The Bertz CT molecular complexity index is 547. The van der Waals surface area contributed by atoms with Crippen LogP contribution in [0.4, 0.5) is 0 Å². The summed E-state index contributed by atoms with van der Waals surface area (Å²) in [5.74, 6) is 1.45. The summed E-state index contributed by atoms with van der Waals surface area (Å²) in [4.78, 5) is 0.0289. The Morgan fingerprint density at radius 1 is 1.44 bits per heavy atom. The molecule has 1 aromatic carbocycles. The molecule has 18 heavy (non-hydrogen) atoms. The first kappa shape index (κ1) is 14.8. The molecule has 0 heterocycles. The monoisotopic (exact) mass is 282 g/mol. The molecule has 6 heteroatoms. The van der Waals surface area contributed by atoms with Gasteiger partial charge in [0.1, 0.15) is 6.07 Å². The van der Waals surface area contributed by atoms with Crippen LogP contribution in [0.3, 0.4) is 0 Å². The van der Waals surface area contributed by atoms with Gasteiger partial charge in [0.15, 0.2) is 0 Å². The summed E-state index contributed by atoms with van der Waals surface area (Å²) in [7, 11) is -3.60. The minimum atomic E-state index is -3.60. The number of rotatable bonds is 7. The van der Waals surface area contributed by atoms with E-state index in [9.17, 15) is 8.42 Å². The number of nitrogens with zero attached hydrogens (tertiary/aromatic N) is 1. The Morgan fingerprint density at radius 3 is 2.83 bits per heavy atom. The molecule has 0 saturated heterocycles. The minimum absolute atomic E-state index is 0.0289. The van der Waals surface area contributed by atoms with Crippen molar-refractivity contribution in [2.24, 2.45) is 0 Å². The highest BCUT2D eigenvalue weighted by molar-refractivity contribution is 7.99. The third kappa shape index (κ3) is 4.18. The fourth-order valence-electron chi connectivity index (χ4n) is 1.29. The Hall–Kier alpha value is -1.29. The average Bonchev–Trinajstić information content (AvgIpc) is 2.38. The molecule has 4 nitrogen and oxygen atoms in total. The van der Waals surface area contributed by atoms with Crippen LogP contribution in [0, 0.1) is 11.3 Å². The van der Waals surface area contributed by atoms with Crippen molar-refractivity contribution < 1.29 is 8.42 Å². The van der Waals surface area contributed by atoms with Gasteiger partial charge in [-0.1, -0.05) is 18.2 Å². The first-order chi connectivity index (χ1) is 8.61. The molecular formula is C12H14N2O2S2. The first-order valence-electron chi connectivity index (χ1n) is 5.29. The van der Waals surface area contributed by atoms with Gasteiger partial charge >= 0.3 is 0 Å². The van der Waals surface area contributed by atoms with Gasteiger partial charge in [-0.3, -0.25) is 0 Å². The van der Waals surface area contributed by atoms with E-state index in [2.05, 4.69) is 11.3 Å². The maximum Gasteiger partial charge on any atom is 0.241 e. The minimum Gasteiger partial charge on any atom is -0.210 e. The molecule has 0 aliphatic carbocycles. The third-order valence-electron chi connectivity index (χ3n) is 2.07. The second kappa shape index (κ2) is 7.21. The van der Waals surface area contributed by atoms with Gasteiger partial charge in [-0.2, -0.15) is 17.0 Å². The zero-order valence-electron chi connectivity index (χ0n) is 9.80. The molecule has 1 N–H and O–H groups in total. The van der Waals surface area contributed by atoms with E-state index in [0.29, 0.717) is 12.3 Å². The van der Waals surface area contributed by atoms with Gasteiger partial charge in [-0.15, -0.1) is 6.58 Å². The lowest BCUT2D eigenvalue weighted by atomic mass is 10.2. The fraction of sp³-hybridized carbons (Fsp3) is 0.250. The van der Waals surface area contributed by atoms with Crippen molar-refractivity contribution in [3.63, 3.8) is 0 Å². The van der Waals surface area contributed by atoms with E-state index in [-0.39, 0.29) is 10.5 Å². The summed E-state index contributed by atoms with van der Waals surface area (Å²) in [6.07, 6.45) is 1.77. The van der Waals surface area contributed by atoms with E-state index >= 15 is 0 Å². The lowest BCUT2D eigenvalue weighted by molar-refractivity contribution is 0.584. The van der Waals surface area contributed by atoms with Gasteiger partial charge < -0.3 is 0 Å². The van der Waals surface area contributed by atoms with Gasteiger partial charge in [-0.25, -0.2) is 13.1 Å². The zero-order valence-corrected chi connectivity index (χ0v) is 11.4. The highest BCUT2D eigenvalue weighted by Gasteiger charge is 2.17. The van der Waals surface area contributed by atoms with Crippen molar-refractivity contribution in [2.45, 2.75) is 4.90 Å². The lowest BCUT2D eigenvalue weighted by Crippen LogP contribution is -2.26. The van der Waals surface area contributed by atoms with Crippen LogP contribution >= 0.6 is 11.8 Å². The number of hydrogen-bond acceptors (Lipinski definition) is 4. The van der Waals surface area contributed by atoms with Gasteiger partial charge in [-0.05, 0) is 12.1 Å². The number of nitrogens with one attached hydrogen (secondary N) is 1. The van der Waals surface area contributed by atoms with Crippen LogP contribution in [-0.4, -0.2) is 26.5 Å². The van der Waals surface area contributed by atoms with Gasteiger partial charge in [0.05, 0.1) is 10.5 Å². The van der Waals surface area contributed by atoms with Crippen molar-refractivity contribution in [3.05, 3.63) is 42.5 Å². The molecule has 0 fully saturated rings. The molecule has 1 rings (SSSR count). The largest absolute Gasteiger partial charge is 0.241 e. The second-order valence-electron chi connectivity index (χ2n) is 3.37. The van der Waals surface area contributed by atoms with Crippen LogP contribution < -0.4 is 4.72 Å². The lowest BCUT2D eigenvalue weighted by Gasteiger charge is -2.07. The summed E-state index contributed by atoms with van der Waals surface area (Å²) in [6.45, 7) is 3.92. The van der Waals surface area contributed by atoms with E-state index in [1.165, 1.54) is 12.1 Å². The van der Waals surface area contributed by atoms with Crippen LogP contribution in [0.2, 0.25) is 0 Å². The van der Waals surface area contributed by atoms with E-state index in [1.54, 1.807) is 30.0 Å². The predicted octanol–water partition coefficient (Wildman–Crippen LogP) is 1.76. The first-order valence-corrected chi connectivity index (χ1v) is 7.93. The summed E-state index contributed by atoms with van der Waals surface area (Å²) in [5.41, 5.74) is 0.156. The molecule has 96 valence electrons. The predicted molar refractivity (Wildman–Crippen MR) is 73.9 cm³/mol.